The second kappa shape index (κ2) is 2.82. The Morgan fingerprint density at radius 3 is 2.46 bits per heavy atom. The largest absolute Gasteiger partial charge is 0.397 e. The number of nitrogens with zero attached hydrogens (tertiary/aromatic N) is 2. The molecule has 0 aliphatic heterocycles. The zero-order valence-electron chi connectivity index (χ0n) is 7.01. The average Bonchev–Trinajstić information content (AvgIpc) is 2.52. The Bertz CT molecular complexity index is 419. The number of para-hydroxylation sites is 2. The van der Waals surface area contributed by atoms with Crippen molar-refractivity contribution in [2.45, 2.75) is 0 Å². The normalized spacial score (nSPS) is 10.2. The monoisotopic (exact) mass is 174 g/mol. The number of hydrogen-bond donors (Lipinski definition) is 2. The van der Waals surface area contributed by atoms with Gasteiger partial charge in [0.2, 0.25) is 0 Å². The molecule has 1 heterocycles. The number of benzene rings is 1. The van der Waals surface area contributed by atoms with Gasteiger partial charge in [0.25, 0.3) is 0 Å². The third-order valence-electron chi connectivity index (χ3n) is 1.84. The zero-order chi connectivity index (χ0) is 9.26. The number of hydrogen-bond acceptors (Lipinski definition) is 3. The Hall–Kier alpha value is -1.97. The van der Waals surface area contributed by atoms with Gasteiger partial charge in [-0.15, -0.1) is 0 Å². The lowest BCUT2D eigenvalue weighted by atomic mass is 10.3. The number of nitrogens with two attached hydrogens (primary N) is 2. The maximum atomic E-state index is 5.76. The molecule has 66 valence electrons. The predicted molar refractivity (Wildman–Crippen MR) is 52.4 cm³/mol. The van der Waals surface area contributed by atoms with Gasteiger partial charge in [-0.25, -0.2) is 4.68 Å². The lowest BCUT2D eigenvalue weighted by Crippen LogP contribution is -2.04. The van der Waals surface area contributed by atoms with Crippen molar-refractivity contribution in [2.24, 2.45) is 0 Å². The summed E-state index contributed by atoms with van der Waals surface area (Å²) in [5, 5.41) is 4.06. The van der Waals surface area contributed by atoms with Crippen molar-refractivity contribution in [3.8, 4) is 5.69 Å². The molecule has 0 fully saturated rings. The van der Waals surface area contributed by atoms with Crippen LogP contribution in [-0.2, 0) is 0 Å². The maximum Gasteiger partial charge on any atom is 0.127 e. The highest BCUT2D eigenvalue weighted by Crippen LogP contribution is 2.17. The fourth-order valence-corrected chi connectivity index (χ4v) is 1.20. The number of aromatic nitrogens is 2. The van der Waals surface area contributed by atoms with Gasteiger partial charge < -0.3 is 11.5 Å². The topological polar surface area (TPSA) is 69.9 Å². The van der Waals surface area contributed by atoms with Crippen LogP contribution in [0.2, 0.25) is 0 Å². The molecule has 0 amide bonds. The highest BCUT2D eigenvalue weighted by molar-refractivity contribution is 5.59. The van der Waals surface area contributed by atoms with Crippen LogP contribution in [0.1, 0.15) is 0 Å². The van der Waals surface area contributed by atoms with Crippen LogP contribution >= 0.6 is 0 Å². The van der Waals surface area contributed by atoms with Gasteiger partial charge in [-0.2, -0.15) is 5.10 Å². The molecule has 0 unspecified atom stereocenters. The van der Waals surface area contributed by atoms with Crippen LogP contribution in [0.15, 0.2) is 36.5 Å². The number of anilines is 2. The Morgan fingerprint density at radius 1 is 1.08 bits per heavy atom. The molecule has 0 bridgehead atoms. The van der Waals surface area contributed by atoms with Crippen LogP contribution in [0.3, 0.4) is 0 Å². The van der Waals surface area contributed by atoms with E-state index in [0.717, 1.165) is 5.69 Å². The lowest BCUT2D eigenvalue weighted by Gasteiger charge is -2.06. The summed E-state index contributed by atoms with van der Waals surface area (Å²) >= 11 is 0. The molecular weight excluding hydrogens is 164 g/mol. The van der Waals surface area contributed by atoms with Crippen molar-refractivity contribution >= 4 is 11.5 Å². The van der Waals surface area contributed by atoms with Gasteiger partial charge in [-0.05, 0) is 12.1 Å². The number of rotatable bonds is 1. The average molecular weight is 174 g/mol. The van der Waals surface area contributed by atoms with E-state index in [0.29, 0.717) is 11.5 Å². The summed E-state index contributed by atoms with van der Waals surface area (Å²) in [5.41, 5.74) is 12.9. The first-order chi connectivity index (χ1) is 6.29. The third kappa shape index (κ3) is 1.22. The van der Waals surface area contributed by atoms with Gasteiger partial charge in [0, 0.05) is 6.07 Å². The van der Waals surface area contributed by atoms with Crippen LogP contribution in [0.5, 0.6) is 0 Å². The Balaban J connectivity index is 2.59. The minimum atomic E-state index is 0.581. The van der Waals surface area contributed by atoms with Gasteiger partial charge in [0.05, 0.1) is 17.6 Å². The Labute approximate surface area is 75.8 Å². The van der Waals surface area contributed by atoms with Crippen molar-refractivity contribution in [1.29, 1.82) is 0 Å². The van der Waals surface area contributed by atoms with E-state index >= 15 is 0 Å². The minimum Gasteiger partial charge on any atom is -0.397 e. The summed E-state index contributed by atoms with van der Waals surface area (Å²) in [6, 6.07) is 9.19. The van der Waals surface area contributed by atoms with Crippen LogP contribution in [0.25, 0.3) is 5.69 Å². The van der Waals surface area contributed by atoms with Gasteiger partial charge in [0.1, 0.15) is 5.82 Å². The summed E-state index contributed by atoms with van der Waals surface area (Å²) in [5.74, 6) is 0.581. The summed E-state index contributed by atoms with van der Waals surface area (Å²) in [6.07, 6.45) is 1.64. The van der Waals surface area contributed by atoms with Crippen molar-refractivity contribution in [2.75, 3.05) is 11.5 Å². The summed E-state index contributed by atoms with van der Waals surface area (Å²) < 4.78 is 1.61. The molecule has 2 aromatic rings. The molecule has 0 saturated carbocycles. The highest BCUT2D eigenvalue weighted by Gasteiger charge is 2.03. The molecule has 0 spiro atoms. The molecule has 0 radical (unpaired) electrons. The quantitative estimate of drug-likeness (QED) is 0.634. The van der Waals surface area contributed by atoms with E-state index in [-0.39, 0.29) is 0 Å². The molecule has 0 aliphatic rings. The molecule has 0 atom stereocenters. The minimum absolute atomic E-state index is 0.581. The first-order valence-electron chi connectivity index (χ1n) is 3.93. The Morgan fingerprint density at radius 2 is 1.85 bits per heavy atom. The van der Waals surface area contributed by atoms with E-state index in [1.807, 2.05) is 24.3 Å². The van der Waals surface area contributed by atoms with Crippen LogP contribution in [0, 0.1) is 0 Å². The molecule has 4 heteroatoms. The fourth-order valence-electron chi connectivity index (χ4n) is 1.20. The number of nitrogen functional groups attached to an aromatic ring is 2. The summed E-state index contributed by atoms with van der Waals surface area (Å²) in [6.45, 7) is 0. The van der Waals surface area contributed by atoms with E-state index in [1.165, 1.54) is 0 Å². The molecule has 0 aliphatic carbocycles. The molecular formula is C9H10N4. The second-order valence-electron chi connectivity index (χ2n) is 2.73. The predicted octanol–water partition coefficient (Wildman–Crippen LogP) is 1.04. The van der Waals surface area contributed by atoms with E-state index in [2.05, 4.69) is 5.10 Å². The van der Waals surface area contributed by atoms with Crippen molar-refractivity contribution in [1.82, 2.24) is 9.78 Å². The Kier molecular flexibility index (Phi) is 1.66. The van der Waals surface area contributed by atoms with Gasteiger partial charge in [-0.1, -0.05) is 12.1 Å². The first-order valence-corrected chi connectivity index (χ1v) is 3.93. The molecule has 1 aromatic carbocycles. The SMILES string of the molecule is Nc1ccccc1-n1nccc1N. The maximum absolute atomic E-state index is 5.76. The lowest BCUT2D eigenvalue weighted by molar-refractivity contribution is 0.894. The van der Waals surface area contributed by atoms with Gasteiger partial charge in [-0.3, -0.25) is 0 Å². The van der Waals surface area contributed by atoms with Gasteiger partial charge in [0.15, 0.2) is 0 Å². The summed E-state index contributed by atoms with van der Waals surface area (Å²) in [7, 11) is 0. The van der Waals surface area contributed by atoms with E-state index in [4.69, 9.17) is 11.5 Å². The smallest absolute Gasteiger partial charge is 0.127 e. The summed E-state index contributed by atoms with van der Waals surface area (Å²) in [4.78, 5) is 0. The molecule has 0 saturated heterocycles. The van der Waals surface area contributed by atoms with Gasteiger partial charge >= 0.3 is 0 Å². The zero-order valence-corrected chi connectivity index (χ0v) is 7.01. The molecule has 4 N–H and O–H groups in total. The van der Waals surface area contributed by atoms with E-state index in [9.17, 15) is 0 Å². The highest BCUT2D eigenvalue weighted by atomic mass is 15.3. The van der Waals surface area contributed by atoms with Crippen LogP contribution < -0.4 is 11.5 Å². The molecule has 1 aromatic heterocycles. The standard InChI is InChI=1S/C9H10N4/c10-7-3-1-2-4-8(7)13-9(11)5-6-12-13/h1-6H,10-11H2. The van der Waals surface area contributed by atoms with Crippen molar-refractivity contribution in [3.63, 3.8) is 0 Å². The second-order valence-corrected chi connectivity index (χ2v) is 2.73. The van der Waals surface area contributed by atoms with Crippen LogP contribution in [0.4, 0.5) is 11.5 Å². The molecule has 13 heavy (non-hydrogen) atoms. The van der Waals surface area contributed by atoms with E-state index < -0.39 is 0 Å². The first kappa shape index (κ1) is 7.67. The van der Waals surface area contributed by atoms with E-state index in [1.54, 1.807) is 16.9 Å². The third-order valence-corrected chi connectivity index (χ3v) is 1.84. The van der Waals surface area contributed by atoms with Crippen LogP contribution in [-0.4, -0.2) is 9.78 Å². The molecule has 2 rings (SSSR count). The van der Waals surface area contributed by atoms with Crippen molar-refractivity contribution < 1.29 is 0 Å². The fraction of sp³-hybridized carbons (Fsp3) is 0. The molecule has 4 nitrogen and oxygen atoms in total. The van der Waals surface area contributed by atoms with Crippen molar-refractivity contribution in [3.05, 3.63) is 36.5 Å².